The molecule has 4 aliphatic rings. The van der Waals surface area contributed by atoms with E-state index in [1.807, 2.05) is 30.3 Å². The maximum atomic E-state index is 13.9. The molecule has 0 bridgehead atoms. The standard InChI is InChI=1S/C40H60N4O7/c1-38(2,3)51-37(49)44-30-18-12-16-26(30)34(46)42-31-21-39(4,5)19-27(31)35(47)41-29-17-11-15-25(29)33(45)43-32-22-40(6,7)20-28(32)36(48)50-23-24-13-9-8-10-14-24/h8-10,13-14,25-32H,11-12,15-23H2,1-7H3,(H,41,47)(H,42,46)(H,43,45)(H,44,49)/t25-,26-,27-,28-,29-,30-,31-,32-/m0/s1. The van der Waals surface area contributed by atoms with E-state index in [-0.39, 0.29) is 65.3 Å². The fourth-order valence-electron chi connectivity index (χ4n) is 9.00. The van der Waals surface area contributed by atoms with Gasteiger partial charge in [-0.25, -0.2) is 4.79 Å². The number of carbonyl (C=O) groups excluding carboxylic acids is 5. The quantitative estimate of drug-likeness (QED) is 0.233. The van der Waals surface area contributed by atoms with Crippen molar-refractivity contribution in [3.05, 3.63) is 35.9 Å². The van der Waals surface area contributed by atoms with Crippen LogP contribution in [0.1, 0.15) is 118 Å². The zero-order chi connectivity index (χ0) is 37.1. The minimum Gasteiger partial charge on any atom is -0.461 e. The minimum atomic E-state index is -0.637. The molecule has 0 aliphatic heterocycles. The molecule has 1 aromatic rings. The molecule has 11 heteroatoms. The van der Waals surface area contributed by atoms with E-state index in [0.717, 1.165) is 18.4 Å². The summed E-state index contributed by atoms with van der Waals surface area (Å²) in [6.07, 6.45) is 6.35. The largest absolute Gasteiger partial charge is 0.461 e. The van der Waals surface area contributed by atoms with Crippen LogP contribution in [0.5, 0.6) is 0 Å². The molecule has 4 saturated carbocycles. The van der Waals surface area contributed by atoms with E-state index in [1.54, 1.807) is 20.8 Å². The molecule has 4 N–H and O–H groups in total. The topological polar surface area (TPSA) is 152 Å². The molecule has 4 amide bonds. The van der Waals surface area contributed by atoms with Crippen LogP contribution in [0.25, 0.3) is 0 Å². The molecular formula is C40H60N4O7. The molecular weight excluding hydrogens is 648 g/mol. The van der Waals surface area contributed by atoms with E-state index in [0.29, 0.717) is 51.4 Å². The molecule has 11 nitrogen and oxygen atoms in total. The van der Waals surface area contributed by atoms with Crippen LogP contribution in [-0.2, 0) is 35.3 Å². The Hall–Kier alpha value is -3.63. The molecule has 0 spiro atoms. The molecule has 0 heterocycles. The van der Waals surface area contributed by atoms with Crippen LogP contribution in [0.2, 0.25) is 0 Å². The van der Waals surface area contributed by atoms with Gasteiger partial charge >= 0.3 is 12.1 Å². The summed E-state index contributed by atoms with van der Waals surface area (Å²) in [5.41, 5.74) is -0.00693. The van der Waals surface area contributed by atoms with Gasteiger partial charge in [-0.3, -0.25) is 19.2 Å². The van der Waals surface area contributed by atoms with E-state index >= 15 is 0 Å². The number of rotatable bonds is 10. The van der Waals surface area contributed by atoms with Gasteiger partial charge in [0.1, 0.15) is 12.2 Å². The van der Waals surface area contributed by atoms with Gasteiger partial charge < -0.3 is 30.7 Å². The third-order valence-electron chi connectivity index (χ3n) is 11.3. The summed E-state index contributed by atoms with van der Waals surface area (Å²) in [5, 5.41) is 12.5. The molecule has 4 aliphatic carbocycles. The van der Waals surface area contributed by atoms with Crippen LogP contribution in [0, 0.1) is 34.5 Å². The van der Waals surface area contributed by atoms with Crippen LogP contribution in [0.15, 0.2) is 30.3 Å². The van der Waals surface area contributed by atoms with Crippen molar-refractivity contribution in [2.45, 2.75) is 149 Å². The van der Waals surface area contributed by atoms with Crippen molar-refractivity contribution < 1.29 is 33.4 Å². The first-order valence-corrected chi connectivity index (χ1v) is 19.0. The van der Waals surface area contributed by atoms with Crippen molar-refractivity contribution >= 4 is 29.8 Å². The van der Waals surface area contributed by atoms with Crippen molar-refractivity contribution in [1.82, 2.24) is 21.3 Å². The van der Waals surface area contributed by atoms with Crippen molar-refractivity contribution in [3.8, 4) is 0 Å². The Morgan fingerprint density at radius 3 is 1.65 bits per heavy atom. The van der Waals surface area contributed by atoms with Crippen LogP contribution >= 0.6 is 0 Å². The Kier molecular flexibility index (Phi) is 11.8. The highest BCUT2D eigenvalue weighted by molar-refractivity contribution is 5.86. The monoisotopic (exact) mass is 708 g/mol. The molecule has 5 rings (SSSR count). The second-order valence-electron chi connectivity index (χ2n) is 18.1. The van der Waals surface area contributed by atoms with E-state index < -0.39 is 35.4 Å². The predicted octanol–water partition coefficient (Wildman–Crippen LogP) is 5.55. The Morgan fingerprint density at radius 2 is 1.10 bits per heavy atom. The summed E-state index contributed by atoms with van der Waals surface area (Å²) >= 11 is 0. The number of carbonyl (C=O) groups is 5. The first kappa shape index (κ1) is 38.6. The molecule has 51 heavy (non-hydrogen) atoms. The van der Waals surface area contributed by atoms with Crippen molar-refractivity contribution in [2.24, 2.45) is 34.5 Å². The van der Waals surface area contributed by atoms with Gasteiger partial charge in [-0.05, 0) is 88.5 Å². The van der Waals surface area contributed by atoms with E-state index in [2.05, 4.69) is 49.0 Å². The summed E-state index contributed by atoms with van der Waals surface area (Å²) in [5.74, 6) is -2.40. The lowest BCUT2D eigenvalue weighted by atomic mass is 9.90. The molecule has 1 aromatic carbocycles. The number of hydrogen-bond donors (Lipinski definition) is 4. The second kappa shape index (κ2) is 15.5. The van der Waals surface area contributed by atoms with Gasteiger partial charge in [0, 0.05) is 24.2 Å². The third kappa shape index (κ3) is 10.3. The van der Waals surface area contributed by atoms with Gasteiger partial charge in [-0.2, -0.15) is 0 Å². The SMILES string of the molecule is CC1(C)C[C@H](NC(=O)[C@H]2CCC[C@@H]2NC(=O)OC(C)(C)C)[C@@H](C(=O)N[C@H]2CCC[C@@H]2C(=O)N[C@H]2CC(C)(C)C[C@@H]2C(=O)OCc2ccccc2)C1. The summed E-state index contributed by atoms with van der Waals surface area (Å²) in [7, 11) is 0. The third-order valence-corrected chi connectivity index (χ3v) is 11.3. The van der Waals surface area contributed by atoms with Crippen LogP contribution in [-0.4, -0.2) is 59.6 Å². The average Bonchev–Trinajstić information content (AvgIpc) is 3.81. The van der Waals surface area contributed by atoms with Crippen molar-refractivity contribution in [1.29, 1.82) is 0 Å². The van der Waals surface area contributed by atoms with Crippen molar-refractivity contribution in [3.63, 3.8) is 0 Å². The summed E-state index contributed by atoms with van der Waals surface area (Å²) in [6.45, 7) is 14.0. The van der Waals surface area contributed by atoms with Gasteiger partial charge in [-0.1, -0.05) is 70.9 Å². The number of amides is 4. The molecule has 8 atom stereocenters. The lowest BCUT2D eigenvalue weighted by Crippen LogP contribution is -2.52. The zero-order valence-electron chi connectivity index (χ0n) is 31.6. The number of hydrogen-bond acceptors (Lipinski definition) is 7. The molecule has 0 radical (unpaired) electrons. The fourth-order valence-corrected chi connectivity index (χ4v) is 9.00. The lowest BCUT2D eigenvalue weighted by molar-refractivity contribution is -0.150. The highest BCUT2D eigenvalue weighted by Crippen LogP contribution is 2.44. The maximum absolute atomic E-state index is 13.9. The predicted molar refractivity (Wildman–Crippen MR) is 193 cm³/mol. The molecule has 0 saturated heterocycles. The van der Waals surface area contributed by atoms with E-state index in [9.17, 15) is 24.0 Å². The van der Waals surface area contributed by atoms with Gasteiger partial charge in [0.25, 0.3) is 0 Å². The Balaban J connectivity index is 1.18. The van der Waals surface area contributed by atoms with E-state index in [1.165, 1.54) is 0 Å². The number of esters is 1. The van der Waals surface area contributed by atoms with Gasteiger partial charge in [0.05, 0.1) is 23.7 Å². The van der Waals surface area contributed by atoms with Crippen LogP contribution in [0.3, 0.4) is 0 Å². The molecule has 0 aromatic heterocycles. The number of benzene rings is 1. The number of ether oxygens (including phenoxy) is 2. The second-order valence-corrected chi connectivity index (χ2v) is 18.1. The minimum absolute atomic E-state index is 0.128. The normalized spacial score (nSPS) is 31.0. The van der Waals surface area contributed by atoms with Crippen LogP contribution in [0.4, 0.5) is 4.79 Å². The lowest BCUT2D eigenvalue weighted by Gasteiger charge is -2.28. The van der Waals surface area contributed by atoms with Gasteiger partial charge in [0.2, 0.25) is 17.7 Å². The van der Waals surface area contributed by atoms with Gasteiger partial charge in [0.15, 0.2) is 0 Å². The summed E-state index contributed by atoms with van der Waals surface area (Å²) in [4.78, 5) is 67.1. The Bertz CT molecular complexity index is 1440. The molecule has 4 fully saturated rings. The highest BCUT2D eigenvalue weighted by atomic mass is 16.6. The first-order chi connectivity index (χ1) is 23.9. The molecule has 0 unspecified atom stereocenters. The van der Waals surface area contributed by atoms with Crippen LogP contribution < -0.4 is 21.3 Å². The average molecular weight is 709 g/mol. The summed E-state index contributed by atoms with van der Waals surface area (Å²) < 4.78 is 11.1. The highest BCUT2D eigenvalue weighted by Gasteiger charge is 2.48. The van der Waals surface area contributed by atoms with Crippen molar-refractivity contribution in [2.75, 3.05) is 0 Å². The number of nitrogens with one attached hydrogen (secondary N) is 4. The fraction of sp³-hybridized carbons (Fsp3) is 0.725. The summed E-state index contributed by atoms with van der Waals surface area (Å²) in [6, 6.07) is 8.22. The first-order valence-electron chi connectivity index (χ1n) is 19.0. The van der Waals surface area contributed by atoms with E-state index in [4.69, 9.17) is 9.47 Å². The number of alkyl carbamates (subject to hydrolysis) is 1. The Morgan fingerprint density at radius 1 is 0.627 bits per heavy atom. The smallest absolute Gasteiger partial charge is 0.407 e. The van der Waals surface area contributed by atoms with Gasteiger partial charge in [-0.15, -0.1) is 0 Å². The zero-order valence-corrected chi connectivity index (χ0v) is 31.6. The Labute approximate surface area is 303 Å². The maximum Gasteiger partial charge on any atom is 0.407 e. The molecule has 282 valence electrons.